The molecule has 2 amide bonds. The van der Waals surface area contributed by atoms with Crippen molar-refractivity contribution in [2.45, 2.75) is 6.04 Å². The predicted molar refractivity (Wildman–Crippen MR) is 108 cm³/mol. The zero-order valence-electron chi connectivity index (χ0n) is 16.5. The van der Waals surface area contributed by atoms with Crippen LogP contribution in [0.15, 0.2) is 54.6 Å². The van der Waals surface area contributed by atoms with Crippen molar-refractivity contribution in [3.05, 3.63) is 71.5 Å². The monoisotopic (exact) mass is 399 g/mol. The zero-order chi connectivity index (χ0) is 20.6. The molecule has 1 N–H and O–H groups in total. The third-order valence-electron chi connectivity index (χ3n) is 4.98. The molecule has 0 aliphatic carbocycles. The molecule has 0 spiro atoms. The van der Waals surface area contributed by atoms with Crippen LogP contribution < -0.4 is 5.32 Å². The summed E-state index contributed by atoms with van der Waals surface area (Å²) in [6.07, 6.45) is 0. The Morgan fingerprint density at radius 3 is 2.41 bits per heavy atom. The summed E-state index contributed by atoms with van der Waals surface area (Å²) < 4.78 is 18.7. The van der Waals surface area contributed by atoms with E-state index in [-0.39, 0.29) is 30.2 Å². The zero-order valence-corrected chi connectivity index (χ0v) is 16.5. The van der Waals surface area contributed by atoms with Gasteiger partial charge in [-0.1, -0.05) is 30.3 Å². The van der Waals surface area contributed by atoms with Crippen LogP contribution in [0.3, 0.4) is 0 Å². The van der Waals surface area contributed by atoms with Crippen LogP contribution in [-0.4, -0.2) is 68.1 Å². The number of ether oxygens (including phenoxy) is 1. The molecule has 2 aromatic rings. The molecule has 0 saturated carbocycles. The van der Waals surface area contributed by atoms with Gasteiger partial charge < -0.3 is 15.0 Å². The molecule has 1 saturated heterocycles. The highest BCUT2D eigenvalue weighted by Crippen LogP contribution is 2.21. The highest BCUT2D eigenvalue weighted by atomic mass is 19.1. The van der Waals surface area contributed by atoms with Gasteiger partial charge in [0.15, 0.2) is 0 Å². The van der Waals surface area contributed by atoms with Crippen LogP contribution in [0.2, 0.25) is 0 Å². The molecule has 0 radical (unpaired) electrons. The molecule has 0 bridgehead atoms. The fraction of sp³-hybridized carbons (Fsp3) is 0.364. The molecule has 1 unspecified atom stereocenters. The number of carbonyl (C=O) groups is 2. The van der Waals surface area contributed by atoms with E-state index in [0.29, 0.717) is 25.3 Å². The molecule has 29 heavy (non-hydrogen) atoms. The largest absolute Gasteiger partial charge is 0.379 e. The Labute approximate surface area is 170 Å². The number of rotatable bonds is 7. The number of likely N-dealkylation sites (N-methyl/N-ethyl adjacent to an activating group) is 1. The quantitative estimate of drug-likeness (QED) is 0.775. The van der Waals surface area contributed by atoms with Crippen LogP contribution in [0, 0.1) is 5.82 Å². The summed E-state index contributed by atoms with van der Waals surface area (Å²) in [5.41, 5.74) is 1.47. The van der Waals surface area contributed by atoms with E-state index >= 15 is 0 Å². The maximum Gasteiger partial charge on any atom is 0.254 e. The van der Waals surface area contributed by atoms with E-state index in [4.69, 9.17) is 4.74 Å². The van der Waals surface area contributed by atoms with Gasteiger partial charge in [0.1, 0.15) is 5.82 Å². The lowest BCUT2D eigenvalue weighted by molar-refractivity contribution is -0.121. The van der Waals surface area contributed by atoms with Crippen molar-refractivity contribution in [2.75, 3.05) is 46.4 Å². The van der Waals surface area contributed by atoms with Gasteiger partial charge in [-0.2, -0.15) is 0 Å². The van der Waals surface area contributed by atoms with Gasteiger partial charge in [-0.25, -0.2) is 4.39 Å². The number of halogens is 1. The normalized spacial score (nSPS) is 15.5. The first-order valence-electron chi connectivity index (χ1n) is 9.69. The lowest BCUT2D eigenvalue weighted by atomic mass is 10.0. The van der Waals surface area contributed by atoms with Crippen LogP contribution in [-0.2, 0) is 9.53 Å². The summed E-state index contributed by atoms with van der Waals surface area (Å²) in [4.78, 5) is 28.5. The van der Waals surface area contributed by atoms with Crippen LogP contribution in [0.5, 0.6) is 0 Å². The average Bonchev–Trinajstić information content (AvgIpc) is 2.76. The van der Waals surface area contributed by atoms with E-state index in [1.807, 2.05) is 6.07 Å². The minimum absolute atomic E-state index is 0.0347. The van der Waals surface area contributed by atoms with Gasteiger partial charge in [0, 0.05) is 32.2 Å². The minimum Gasteiger partial charge on any atom is -0.379 e. The Balaban J connectivity index is 1.60. The molecule has 154 valence electrons. The molecule has 6 nitrogen and oxygen atoms in total. The maximum atomic E-state index is 13.3. The van der Waals surface area contributed by atoms with Gasteiger partial charge in [0.05, 0.1) is 25.8 Å². The van der Waals surface area contributed by atoms with Crippen molar-refractivity contribution in [3.8, 4) is 0 Å². The minimum atomic E-state index is -0.292. The number of nitrogens with one attached hydrogen (secondary N) is 1. The van der Waals surface area contributed by atoms with E-state index in [2.05, 4.69) is 10.2 Å². The topological polar surface area (TPSA) is 61.9 Å². The van der Waals surface area contributed by atoms with Crippen LogP contribution in [0.1, 0.15) is 22.0 Å². The predicted octanol–water partition coefficient (Wildman–Crippen LogP) is 2.09. The molecule has 1 atom stereocenters. The fourth-order valence-corrected chi connectivity index (χ4v) is 3.39. The van der Waals surface area contributed by atoms with Gasteiger partial charge in [-0.3, -0.25) is 14.5 Å². The van der Waals surface area contributed by atoms with Crippen molar-refractivity contribution in [3.63, 3.8) is 0 Å². The second-order valence-corrected chi connectivity index (χ2v) is 7.05. The van der Waals surface area contributed by atoms with Crippen LogP contribution >= 0.6 is 0 Å². The molecule has 1 fully saturated rings. The molecule has 7 heteroatoms. The Kier molecular flexibility index (Phi) is 7.32. The molecule has 2 aromatic carbocycles. The lowest BCUT2D eigenvalue weighted by Gasteiger charge is -2.35. The number of hydrogen-bond donors (Lipinski definition) is 1. The highest BCUT2D eigenvalue weighted by molar-refractivity contribution is 5.96. The second kappa shape index (κ2) is 10.1. The number of carbonyl (C=O) groups excluding carboxylic acids is 2. The molecular weight excluding hydrogens is 373 g/mol. The van der Waals surface area contributed by atoms with Gasteiger partial charge in [-0.05, 0) is 29.8 Å². The first kappa shape index (κ1) is 21.0. The first-order chi connectivity index (χ1) is 14.0. The average molecular weight is 399 g/mol. The summed E-state index contributed by atoms with van der Waals surface area (Å²) >= 11 is 0. The smallest absolute Gasteiger partial charge is 0.254 e. The van der Waals surface area contributed by atoms with Gasteiger partial charge >= 0.3 is 0 Å². The maximum absolute atomic E-state index is 13.3. The molecule has 3 rings (SSSR count). The molecule has 1 heterocycles. The van der Waals surface area contributed by atoms with Gasteiger partial charge in [0.25, 0.3) is 5.91 Å². The Morgan fingerprint density at radius 1 is 1.10 bits per heavy atom. The summed E-state index contributed by atoms with van der Waals surface area (Å²) in [6, 6.07) is 15.1. The second-order valence-electron chi connectivity index (χ2n) is 7.05. The summed E-state index contributed by atoms with van der Waals surface area (Å²) in [5.74, 6) is -0.735. The number of hydrogen-bond acceptors (Lipinski definition) is 4. The van der Waals surface area contributed by atoms with Crippen molar-refractivity contribution in [1.29, 1.82) is 0 Å². The van der Waals surface area contributed by atoms with Crippen LogP contribution in [0.4, 0.5) is 4.39 Å². The van der Waals surface area contributed by atoms with E-state index < -0.39 is 0 Å². The Hall–Kier alpha value is -2.77. The van der Waals surface area contributed by atoms with Gasteiger partial charge in [0.2, 0.25) is 5.91 Å². The van der Waals surface area contributed by atoms with E-state index in [0.717, 1.165) is 18.7 Å². The molecular formula is C22H26FN3O3. The third-order valence-corrected chi connectivity index (χ3v) is 4.98. The Bertz CT molecular complexity index is 808. The molecule has 1 aliphatic heterocycles. The Morgan fingerprint density at radius 2 is 1.76 bits per heavy atom. The standard InChI is InChI=1S/C22H26FN3O3/c1-25(22(28)18-5-3-2-4-6-18)16-21(27)24-15-20(26-11-13-29-14-12-26)17-7-9-19(23)10-8-17/h2-10,20H,11-16H2,1H3,(H,24,27). The summed E-state index contributed by atoms with van der Waals surface area (Å²) in [5, 5.41) is 2.92. The lowest BCUT2D eigenvalue weighted by Crippen LogP contribution is -2.45. The molecule has 1 aliphatic rings. The first-order valence-corrected chi connectivity index (χ1v) is 9.69. The van der Waals surface area contributed by atoms with E-state index in [9.17, 15) is 14.0 Å². The van der Waals surface area contributed by atoms with Crippen molar-refractivity contribution >= 4 is 11.8 Å². The SMILES string of the molecule is CN(CC(=O)NCC(c1ccc(F)cc1)N1CCOCC1)C(=O)c1ccccc1. The number of benzene rings is 2. The van der Waals surface area contributed by atoms with E-state index in [1.54, 1.807) is 43.4 Å². The van der Waals surface area contributed by atoms with Crippen molar-refractivity contribution < 1.29 is 18.7 Å². The van der Waals surface area contributed by atoms with E-state index in [1.165, 1.54) is 17.0 Å². The van der Waals surface area contributed by atoms with Gasteiger partial charge in [-0.15, -0.1) is 0 Å². The number of amides is 2. The summed E-state index contributed by atoms with van der Waals surface area (Å²) in [6.45, 7) is 3.07. The number of morpholine rings is 1. The third kappa shape index (κ3) is 5.85. The van der Waals surface area contributed by atoms with Crippen molar-refractivity contribution in [2.24, 2.45) is 0 Å². The highest BCUT2D eigenvalue weighted by Gasteiger charge is 2.24. The van der Waals surface area contributed by atoms with Crippen LogP contribution in [0.25, 0.3) is 0 Å². The number of nitrogens with zero attached hydrogens (tertiary/aromatic N) is 2. The van der Waals surface area contributed by atoms with Crippen molar-refractivity contribution in [1.82, 2.24) is 15.1 Å². The molecule has 0 aromatic heterocycles. The fourth-order valence-electron chi connectivity index (χ4n) is 3.39. The summed E-state index contributed by atoms with van der Waals surface area (Å²) in [7, 11) is 1.61.